The lowest BCUT2D eigenvalue weighted by atomic mass is 9.80. The number of hydrogen-bond acceptors (Lipinski definition) is 4. The maximum Gasteiger partial charge on any atom is 0.491 e. The Kier molecular flexibility index (Phi) is 3.46. The van der Waals surface area contributed by atoms with Crippen LogP contribution in [0.25, 0.3) is 0 Å². The molecule has 0 atom stereocenters. The summed E-state index contributed by atoms with van der Waals surface area (Å²) in [5, 5.41) is 17.7. The predicted molar refractivity (Wildman–Crippen MR) is 64.2 cm³/mol. The Balaban J connectivity index is 2.36. The van der Waals surface area contributed by atoms with Gasteiger partial charge in [0.2, 0.25) is 10.0 Å². The van der Waals surface area contributed by atoms with Crippen molar-refractivity contribution in [1.82, 2.24) is 4.31 Å². The van der Waals surface area contributed by atoms with Crippen LogP contribution < -0.4 is 5.46 Å². The Bertz CT molecular complexity index is 559. The van der Waals surface area contributed by atoms with Crippen molar-refractivity contribution >= 4 is 22.6 Å². The van der Waals surface area contributed by atoms with E-state index in [2.05, 4.69) is 0 Å². The van der Waals surface area contributed by atoms with Gasteiger partial charge in [-0.05, 0) is 25.0 Å². The van der Waals surface area contributed by atoms with Gasteiger partial charge in [0.1, 0.15) is 5.82 Å². The molecule has 0 radical (unpaired) electrons. The fourth-order valence-corrected chi connectivity index (χ4v) is 3.11. The Hall–Kier alpha value is -0.955. The van der Waals surface area contributed by atoms with Crippen LogP contribution in [0.5, 0.6) is 0 Å². The van der Waals surface area contributed by atoms with E-state index in [1.165, 1.54) is 17.4 Å². The first-order chi connectivity index (χ1) is 8.34. The van der Waals surface area contributed by atoms with Crippen LogP contribution in [-0.2, 0) is 10.0 Å². The number of benzene rings is 1. The van der Waals surface area contributed by atoms with E-state index in [1.54, 1.807) is 0 Å². The fourth-order valence-electron chi connectivity index (χ4n) is 1.68. The minimum atomic E-state index is -3.71. The van der Waals surface area contributed by atoms with Crippen molar-refractivity contribution in [3.63, 3.8) is 0 Å². The van der Waals surface area contributed by atoms with Gasteiger partial charge in [0.15, 0.2) is 0 Å². The quantitative estimate of drug-likeness (QED) is 0.710. The zero-order valence-corrected chi connectivity index (χ0v) is 10.6. The van der Waals surface area contributed by atoms with E-state index < -0.39 is 23.0 Å². The third-order valence-electron chi connectivity index (χ3n) is 2.99. The first-order valence-corrected chi connectivity index (χ1v) is 6.91. The highest BCUT2D eigenvalue weighted by molar-refractivity contribution is 7.89. The molecular weight excluding hydrogens is 260 g/mol. The van der Waals surface area contributed by atoms with Crippen LogP contribution in [0.15, 0.2) is 23.1 Å². The molecule has 5 nitrogen and oxygen atoms in total. The third kappa shape index (κ3) is 2.42. The summed E-state index contributed by atoms with van der Waals surface area (Å²) in [7, 11) is -4.21. The van der Waals surface area contributed by atoms with Crippen LogP contribution in [0.1, 0.15) is 12.8 Å². The molecule has 0 bridgehead atoms. The molecule has 98 valence electrons. The summed E-state index contributed by atoms with van der Waals surface area (Å²) in [5.74, 6) is -0.949. The highest BCUT2D eigenvalue weighted by atomic mass is 32.2. The SMILES string of the molecule is CN(C1CC1)S(=O)(=O)c1ccc(B(O)O)c(F)c1. The second kappa shape index (κ2) is 4.62. The van der Waals surface area contributed by atoms with E-state index in [1.807, 2.05) is 0 Å². The maximum atomic E-state index is 13.5. The van der Waals surface area contributed by atoms with E-state index in [0.29, 0.717) is 0 Å². The molecule has 0 saturated heterocycles. The molecule has 1 saturated carbocycles. The predicted octanol–water partition coefficient (Wildman–Crippen LogP) is -0.712. The monoisotopic (exact) mass is 273 g/mol. The van der Waals surface area contributed by atoms with Crippen LogP contribution >= 0.6 is 0 Å². The minimum Gasteiger partial charge on any atom is -0.423 e. The number of hydrogen-bond donors (Lipinski definition) is 2. The number of nitrogens with zero attached hydrogens (tertiary/aromatic N) is 1. The molecular formula is C10H13BFNO4S. The molecule has 0 amide bonds. The molecule has 0 unspecified atom stereocenters. The van der Waals surface area contributed by atoms with Gasteiger partial charge in [0, 0.05) is 18.6 Å². The zero-order valence-electron chi connectivity index (χ0n) is 9.75. The zero-order chi connectivity index (χ0) is 13.5. The third-order valence-corrected chi connectivity index (χ3v) is 4.89. The van der Waals surface area contributed by atoms with E-state index in [-0.39, 0.29) is 16.4 Å². The first kappa shape index (κ1) is 13.5. The number of rotatable bonds is 4. The van der Waals surface area contributed by atoms with Gasteiger partial charge >= 0.3 is 7.12 Å². The summed E-state index contributed by atoms with van der Waals surface area (Å²) >= 11 is 0. The van der Waals surface area contributed by atoms with Crippen molar-refractivity contribution in [3.8, 4) is 0 Å². The molecule has 2 rings (SSSR count). The van der Waals surface area contributed by atoms with Gasteiger partial charge in [-0.15, -0.1) is 0 Å². The lowest BCUT2D eigenvalue weighted by Crippen LogP contribution is -2.34. The Morgan fingerprint density at radius 1 is 1.39 bits per heavy atom. The van der Waals surface area contributed by atoms with Gasteiger partial charge in [0.05, 0.1) is 4.90 Å². The van der Waals surface area contributed by atoms with Crippen molar-refractivity contribution in [1.29, 1.82) is 0 Å². The molecule has 0 heterocycles. The fraction of sp³-hybridized carbons (Fsp3) is 0.400. The van der Waals surface area contributed by atoms with Gasteiger partial charge in [-0.2, -0.15) is 4.31 Å². The summed E-state index contributed by atoms with van der Waals surface area (Å²) < 4.78 is 38.9. The van der Waals surface area contributed by atoms with E-state index in [4.69, 9.17) is 10.0 Å². The van der Waals surface area contributed by atoms with Crippen molar-refractivity contribution in [2.75, 3.05) is 7.05 Å². The lowest BCUT2D eigenvalue weighted by Gasteiger charge is -2.16. The standard InChI is InChI=1S/C10H13BFNO4S/c1-13(7-2-3-7)18(16,17)8-4-5-9(11(14)15)10(12)6-8/h4-7,14-15H,2-3H2,1H3. The number of sulfonamides is 1. The average molecular weight is 273 g/mol. The maximum absolute atomic E-state index is 13.5. The second-order valence-corrected chi connectivity index (χ2v) is 6.31. The molecule has 0 aliphatic heterocycles. The molecule has 0 aromatic heterocycles. The molecule has 1 aromatic carbocycles. The van der Waals surface area contributed by atoms with Crippen LogP contribution in [0.4, 0.5) is 4.39 Å². The molecule has 2 N–H and O–H groups in total. The van der Waals surface area contributed by atoms with E-state index in [0.717, 1.165) is 25.0 Å². The molecule has 8 heteroatoms. The van der Waals surface area contributed by atoms with E-state index in [9.17, 15) is 12.8 Å². The minimum absolute atomic E-state index is 0.0128. The van der Waals surface area contributed by atoms with Gasteiger partial charge in [-0.3, -0.25) is 0 Å². The highest BCUT2D eigenvalue weighted by Crippen LogP contribution is 2.30. The topological polar surface area (TPSA) is 77.8 Å². The Labute approximate surface area is 105 Å². The van der Waals surface area contributed by atoms with Gasteiger partial charge < -0.3 is 10.0 Å². The second-order valence-electron chi connectivity index (χ2n) is 4.31. The lowest BCUT2D eigenvalue weighted by molar-refractivity contribution is 0.422. The average Bonchev–Trinajstić information content (AvgIpc) is 3.11. The summed E-state index contributed by atoms with van der Waals surface area (Å²) in [6.07, 6.45) is 1.62. The first-order valence-electron chi connectivity index (χ1n) is 5.47. The number of halogens is 1. The largest absolute Gasteiger partial charge is 0.491 e. The Morgan fingerprint density at radius 3 is 2.44 bits per heavy atom. The van der Waals surface area contributed by atoms with Crippen molar-refractivity contribution < 1.29 is 22.9 Å². The molecule has 0 spiro atoms. The van der Waals surface area contributed by atoms with Crippen LogP contribution in [0.3, 0.4) is 0 Å². The van der Waals surface area contributed by atoms with Crippen molar-refractivity contribution in [2.45, 2.75) is 23.8 Å². The smallest absolute Gasteiger partial charge is 0.423 e. The summed E-state index contributed by atoms with van der Waals surface area (Å²) in [5.41, 5.74) is -0.344. The van der Waals surface area contributed by atoms with Gasteiger partial charge in [-0.1, -0.05) is 6.07 Å². The summed E-state index contributed by atoms with van der Waals surface area (Å²) in [6.45, 7) is 0. The van der Waals surface area contributed by atoms with Gasteiger partial charge in [-0.25, -0.2) is 12.8 Å². The van der Waals surface area contributed by atoms with Crippen LogP contribution in [0.2, 0.25) is 0 Å². The van der Waals surface area contributed by atoms with Crippen molar-refractivity contribution in [2.24, 2.45) is 0 Å². The molecule has 1 fully saturated rings. The van der Waals surface area contributed by atoms with Crippen molar-refractivity contribution in [3.05, 3.63) is 24.0 Å². The van der Waals surface area contributed by atoms with Crippen LogP contribution in [0, 0.1) is 5.82 Å². The van der Waals surface area contributed by atoms with Crippen LogP contribution in [-0.4, -0.2) is 43.0 Å². The molecule has 1 aliphatic rings. The molecule has 18 heavy (non-hydrogen) atoms. The normalized spacial score (nSPS) is 16.1. The highest BCUT2D eigenvalue weighted by Gasteiger charge is 2.35. The summed E-state index contributed by atoms with van der Waals surface area (Å²) in [4.78, 5) is -0.182. The summed E-state index contributed by atoms with van der Waals surface area (Å²) in [6, 6.07) is 3.03. The van der Waals surface area contributed by atoms with E-state index >= 15 is 0 Å². The van der Waals surface area contributed by atoms with Gasteiger partial charge in [0.25, 0.3) is 0 Å². The molecule has 1 aliphatic carbocycles. The Morgan fingerprint density at radius 2 is 2.00 bits per heavy atom. The molecule has 1 aromatic rings.